The van der Waals surface area contributed by atoms with E-state index in [1.54, 1.807) is 12.1 Å². The van der Waals surface area contributed by atoms with Crippen LogP contribution >= 0.6 is 0 Å². The number of amides is 1. The van der Waals surface area contributed by atoms with Gasteiger partial charge in [0.2, 0.25) is 15.9 Å². The highest BCUT2D eigenvalue weighted by molar-refractivity contribution is 7.89. The van der Waals surface area contributed by atoms with Crippen LogP contribution in [0.1, 0.15) is 59.3 Å². The molecule has 0 radical (unpaired) electrons. The molecular formula is C32H41N5O3S. The minimum Gasteiger partial charge on any atom is -0.349 e. The summed E-state index contributed by atoms with van der Waals surface area (Å²) in [5.74, 6) is -0.117. The number of aromatic nitrogens is 1. The highest BCUT2D eigenvalue weighted by Gasteiger charge is 2.38. The monoisotopic (exact) mass is 575 g/mol. The average Bonchev–Trinajstić information content (AvgIpc) is 3.44. The Morgan fingerprint density at radius 1 is 0.976 bits per heavy atom. The van der Waals surface area contributed by atoms with Crippen molar-refractivity contribution in [1.29, 1.82) is 0 Å². The van der Waals surface area contributed by atoms with Gasteiger partial charge in [-0.3, -0.25) is 9.69 Å². The first-order chi connectivity index (χ1) is 19.8. The lowest BCUT2D eigenvalue weighted by molar-refractivity contribution is -0.123. The molecule has 2 aliphatic heterocycles. The molecule has 0 spiro atoms. The second-order valence-electron chi connectivity index (χ2n) is 11.9. The van der Waals surface area contributed by atoms with Gasteiger partial charge in [-0.05, 0) is 74.2 Å². The van der Waals surface area contributed by atoms with Crippen molar-refractivity contribution < 1.29 is 13.2 Å². The molecule has 1 saturated heterocycles. The van der Waals surface area contributed by atoms with Crippen molar-refractivity contribution >= 4 is 15.9 Å². The Morgan fingerprint density at radius 2 is 1.76 bits per heavy atom. The number of aryl methyl sites for hydroxylation is 2. The molecule has 2 aromatic carbocycles. The normalized spacial score (nSPS) is 22.2. The topological polar surface area (TPSA) is 77.9 Å². The van der Waals surface area contributed by atoms with Crippen LogP contribution in [0.4, 0.5) is 0 Å². The number of piperazine rings is 1. The Kier molecular flexibility index (Phi) is 8.05. The van der Waals surface area contributed by atoms with Crippen LogP contribution < -0.4 is 5.32 Å². The molecule has 3 heterocycles. The van der Waals surface area contributed by atoms with Crippen LogP contribution in [0.25, 0.3) is 0 Å². The standard InChI is InChI=1S/C32H41N5O3S/c1-24-8-11-27(12-9-24)41(39,40)37-20-19-36-14-4-7-30(36)31(37)22-32(38)33-29-6-3-5-26-21-25(10-13-28(26)29)23-35-17-15-34(2)16-18-35/h4,7-14,21,29,31H,3,5-6,15-20,22-23H2,1-2H3,(H,33,38). The van der Waals surface area contributed by atoms with Crippen molar-refractivity contribution in [2.24, 2.45) is 0 Å². The molecule has 0 saturated carbocycles. The van der Waals surface area contributed by atoms with E-state index in [1.165, 1.54) is 21.0 Å². The summed E-state index contributed by atoms with van der Waals surface area (Å²) >= 11 is 0. The number of sulfonamides is 1. The van der Waals surface area contributed by atoms with Crippen molar-refractivity contribution in [3.63, 3.8) is 0 Å². The van der Waals surface area contributed by atoms with Crippen LogP contribution in [-0.2, 0) is 34.3 Å². The van der Waals surface area contributed by atoms with Crippen LogP contribution in [0.3, 0.4) is 0 Å². The molecule has 9 heteroatoms. The molecule has 0 bridgehead atoms. The van der Waals surface area contributed by atoms with Crippen LogP contribution in [0.15, 0.2) is 65.7 Å². The van der Waals surface area contributed by atoms with Crippen LogP contribution in [-0.4, -0.2) is 72.8 Å². The summed E-state index contributed by atoms with van der Waals surface area (Å²) in [6.45, 7) is 8.19. The Balaban J connectivity index is 1.17. The molecule has 6 rings (SSSR count). The van der Waals surface area contributed by atoms with Crippen LogP contribution in [0.5, 0.6) is 0 Å². The Morgan fingerprint density at radius 3 is 2.54 bits per heavy atom. The number of carbonyl (C=O) groups excluding carboxylic acids is 1. The van der Waals surface area contributed by atoms with Gasteiger partial charge in [-0.1, -0.05) is 35.9 Å². The molecule has 3 aromatic rings. The second-order valence-corrected chi connectivity index (χ2v) is 13.8. The highest BCUT2D eigenvalue weighted by atomic mass is 32.2. The third kappa shape index (κ3) is 6.00. The summed E-state index contributed by atoms with van der Waals surface area (Å²) in [4.78, 5) is 18.7. The third-order valence-corrected chi connectivity index (χ3v) is 10.9. The summed E-state index contributed by atoms with van der Waals surface area (Å²) in [5.41, 5.74) is 5.72. The van der Waals surface area contributed by atoms with Crippen molar-refractivity contribution in [2.45, 2.75) is 62.7 Å². The first-order valence-corrected chi connectivity index (χ1v) is 16.3. The largest absolute Gasteiger partial charge is 0.349 e. The minimum absolute atomic E-state index is 0.0542. The maximum absolute atomic E-state index is 13.7. The molecule has 1 N–H and O–H groups in total. The van der Waals surface area contributed by atoms with Crippen molar-refractivity contribution in [1.82, 2.24) is 24.0 Å². The van der Waals surface area contributed by atoms with Gasteiger partial charge in [0, 0.05) is 64.1 Å². The first kappa shape index (κ1) is 28.2. The molecular weight excluding hydrogens is 534 g/mol. The number of rotatable bonds is 7. The van der Waals surface area contributed by atoms with Gasteiger partial charge in [-0.25, -0.2) is 8.42 Å². The van der Waals surface area contributed by atoms with E-state index >= 15 is 0 Å². The maximum atomic E-state index is 13.7. The molecule has 1 aliphatic carbocycles. The minimum atomic E-state index is -3.76. The fourth-order valence-corrected chi connectivity index (χ4v) is 8.18. The molecule has 2 unspecified atom stereocenters. The average molecular weight is 576 g/mol. The van der Waals surface area contributed by atoms with E-state index in [0.29, 0.717) is 13.1 Å². The summed E-state index contributed by atoms with van der Waals surface area (Å²) in [7, 11) is -1.59. The number of hydrogen-bond donors (Lipinski definition) is 1. The molecule has 3 aliphatic rings. The molecule has 41 heavy (non-hydrogen) atoms. The number of fused-ring (bicyclic) bond motifs is 2. The Labute approximate surface area is 244 Å². The number of carbonyl (C=O) groups is 1. The lowest BCUT2D eigenvalue weighted by Gasteiger charge is -2.36. The number of nitrogens with one attached hydrogen (secondary N) is 1. The maximum Gasteiger partial charge on any atom is 0.243 e. The van der Waals surface area contributed by atoms with Crippen molar-refractivity contribution in [2.75, 3.05) is 39.8 Å². The molecule has 1 amide bonds. The predicted octanol–water partition coefficient (Wildman–Crippen LogP) is 3.87. The third-order valence-electron chi connectivity index (χ3n) is 8.98. The summed E-state index contributed by atoms with van der Waals surface area (Å²) in [5, 5.41) is 3.28. The fourth-order valence-electron chi connectivity index (χ4n) is 6.59. The van der Waals surface area contributed by atoms with E-state index in [0.717, 1.165) is 63.2 Å². The van der Waals surface area contributed by atoms with Gasteiger partial charge >= 0.3 is 0 Å². The number of nitrogens with zero attached hydrogens (tertiary/aromatic N) is 4. The zero-order valence-electron chi connectivity index (χ0n) is 24.1. The van der Waals surface area contributed by atoms with Crippen LogP contribution in [0.2, 0.25) is 0 Å². The van der Waals surface area contributed by atoms with Crippen molar-refractivity contribution in [3.05, 3.63) is 88.7 Å². The molecule has 218 valence electrons. The lowest BCUT2D eigenvalue weighted by Crippen LogP contribution is -2.44. The van der Waals surface area contributed by atoms with Gasteiger partial charge in [-0.2, -0.15) is 4.31 Å². The Bertz CT molecular complexity index is 1490. The van der Waals surface area contributed by atoms with Gasteiger partial charge in [0.1, 0.15) is 0 Å². The van der Waals surface area contributed by atoms with E-state index in [2.05, 4.69) is 44.9 Å². The molecule has 1 fully saturated rings. The van der Waals surface area contributed by atoms with Gasteiger partial charge < -0.3 is 14.8 Å². The summed E-state index contributed by atoms with van der Waals surface area (Å²) in [6.07, 6.45) is 4.99. The van der Waals surface area contributed by atoms with E-state index < -0.39 is 16.1 Å². The second kappa shape index (κ2) is 11.7. The van der Waals surface area contributed by atoms with E-state index in [-0.39, 0.29) is 23.3 Å². The number of hydrogen-bond acceptors (Lipinski definition) is 5. The fraction of sp³-hybridized carbons (Fsp3) is 0.469. The smallest absolute Gasteiger partial charge is 0.243 e. The van der Waals surface area contributed by atoms with Gasteiger partial charge in [-0.15, -0.1) is 0 Å². The van der Waals surface area contributed by atoms with E-state index in [4.69, 9.17) is 0 Å². The summed E-state index contributed by atoms with van der Waals surface area (Å²) < 4.78 is 31.1. The van der Waals surface area contributed by atoms with Gasteiger partial charge in [0.25, 0.3) is 0 Å². The lowest BCUT2D eigenvalue weighted by atomic mass is 9.86. The first-order valence-electron chi connectivity index (χ1n) is 14.8. The van der Waals surface area contributed by atoms with Crippen LogP contribution in [0, 0.1) is 6.92 Å². The summed E-state index contributed by atoms with van der Waals surface area (Å²) in [6, 6.07) is 17.0. The number of benzene rings is 2. The molecule has 2 atom stereocenters. The SMILES string of the molecule is Cc1ccc(S(=O)(=O)N2CCn3cccc3C2CC(=O)NC2CCCc3cc(CN4CCN(C)CC4)ccc32)cc1. The van der Waals surface area contributed by atoms with Gasteiger partial charge in [0.15, 0.2) is 0 Å². The zero-order chi connectivity index (χ0) is 28.6. The van der Waals surface area contributed by atoms with Gasteiger partial charge in [0.05, 0.1) is 17.0 Å². The zero-order valence-corrected chi connectivity index (χ0v) is 24.9. The number of likely N-dealkylation sites (N-methyl/N-ethyl adjacent to an activating group) is 1. The highest BCUT2D eigenvalue weighted by Crippen LogP contribution is 2.35. The van der Waals surface area contributed by atoms with E-state index in [1.807, 2.05) is 37.4 Å². The Hall–Kier alpha value is -2.98. The molecule has 8 nitrogen and oxygen atoms in total. The van der Waals surface area contributed by atoms with E-state index in [9.17, 15) is 13.2 Å². The quantitative estimate of drug-likeness (QED) is 0.463. The predicted molar refractivity (Wildman–Crippen MR) is 160 cm³/mol. The molecule has 1 aromatic heterocycles. The van der Waals surface area contributed by atoms with Crippen molar-refractivity contribution in [3.8, 4) is 0 Å².